The fraction of sp³-hybridized carbons (Fsp3) is 0.385. The highest BCUT2D eigenvalue weighted by molar-refractivity contribution is 5.24. The van der Waals surface area contributed by atoms with Crippen LogP contribution in [0, 0.1) is 10.1 Å². The quantitative estimate of drug-likeness (QED) is 0.479. The van der Waals surface area contributed by atoms with Crippen LogP contribution in [0.15, 0.2) is 30.6 Å². The van der Waals surface area contributed by atoms with Crippen molar-refractivity contribution in [3.63, 3.8) is 0 Å². The molecule has 0 aliphatic rings. The summed E-state index contributed by atoms with van der Waals surface area (Å²) in [6.45, 7) is 1.49. The molecule has 0 unspecified atom stereocenters. The molecule has 124 valence electrons. The molecule has 23 heavy (non-hydrogen) atoms. The topological polar surface area (TPSA) is 85.9 Å². The maximum Gasteiger partial charge on any atom is 0.490 e. The highest BCUT2D eigenvalue weighted by atomic mass is 19.4. The van der Waals surface area contributed by atoms with Crippen molar-refractivity contribution in [1.82, 2.24) is 20.1 Å². The minimum absolute atomic E-state index is 0.440. The number of halogens is 3. The molecule has 0 amide bonds. The summed E-state index contributed by atoms with van der Waals surface area (Å²) in [5, 5.41) is 17.2. The highest BCUT2D eigenvalue weighted by Crippen LogP contribution is 2.28. The first-order valence-corrected chi connectivity index (χ1v) is 6.77. The molecule has 10 heteroatoms. The van der Waals surface area contributed by atoms with E-state index >= 15 is 0 Å². The van der Waals surface area contributed by atoms with Crippen LogP contribution in [0.2, 0.25) is 0 Å². The molecule has 0 spiro atoms. The summed E-state index contributed by atoms with van der Waals surface area (Å²) in [4.78, 5) is 13.3. The lowest BCUT2D eigenvalue weighted by Gasteiger charge is -2.08. The van der Waals surface area contributed by atoms with Gasteiger partial charge >= 0.3 is 12.1 Å². The van der Waals surface area contributed by atoms with Crippen molar-refractivity contribution in [3.8, 4) is 0 Å². The Hall–Kier alpha value is -2.49. The number of aromatic nitrogens is 3. The Morgan fingerprint density at radius 1 is 1.26 bits per heavy atom. The van der Waals surface area contributed by atoms with Gasteiger partial charge in [0, 0.05) is 11.6 Å². The zero-order chi connectivity index (χ0) is 16.9. The molecule has 0 saturated carbocycles. The smallest absolute Gasteiger partial charge is 0.390 e. The molecule has 2 aromatic rings. The summed E-state index contributed by atoms with van der Waals surface area (Å²) < 4.78 is 38.6. The Morgan fingerprint density at radius 2 is 1.96 bits per heavy atom. The first-order valence-electron chi connectivity index (χ1n) is 6.77. The maximum absolute atomic E-state index is 12.4. The van der Waals surface area contributed by atoms with Crippen molar-refractivity contribution in [3.05, 3.63) is 51.8 Å². The first kappa shape index (κ1) is 16.9. The normalized spacial score (nSPS) is 11.6. The average molecular weight is 329 g/mol. The van der Waals surface area contributed by atoms with Gasteiger partial charge in [-0.25, -0.2) is 0 Å². The van der Waals surface area contributed by atoms with Gasteiger partial charge in [0.05, 0.1) is 12.1 Å². The predicted molar refractivity (Wildman–Crippen MR) is 74.4 cm³/mol. The Balaban J connectivity index is 1.70. The molecule has 0 aliphatic carbocycles. The summed E-state index contributed by atoms with van der Waals surface area (Å²) in [5.41, 5.74) is 0.0726. The van der Waals surface area contributed by atoms with Crippen molar-refractivity contribution in [1.29, 1.82) is 0 Å². The fourth-order valence-electron chi connectivity index (χ4n) is 1.89. The molecule has 0 fully saturated rings. The molecule has 1 heterocycles. The summed E-state index contributed by atoms with van der Waals surface area (Å²) in [6.07, 6.45) is -2.39. The van der Waals surface area contributed by atoms with Crippen LogP contribution in [0.4, 0.5) is 19.1 Å². The Morgan fingerprint density at radius 3 is 2.52 bits per heavy atom. The van der Waals surface area contributed by atoms with E-state index in [1.54, 1.807) is 0 Å². The van der Waals surface area contributed by atoms with Crippen LogP contribution in [0.5, 0.6) is 0 Å². The van der Waals surface area contributed by atoms with Crippen LogP contribution in [0.3, 0.4) is 0 Å². The largest absolute Gasteiger partial charge is 0.490 e. The monoisotopic (exact) mass is 329 g/mol. The van der Waals surface area contributed by atoms with Crippen molar-refractivity contribution < 1.29 is 18.1 Å². The predicted octanol–water partition coefficient (Wildman–Crippen LogP) is 2.39. The summed E-state index contributed by atoms with van der Waals surface area (Å²) in [5.74, 6) is -0.442. The summed E-state index contributed by atoms with van der Waals surface area (Å²) in [7, 11) is 0. The van der Waals surface area contributed by atoms with Crippen LogP contribution in [-0.2, 0) is 19.3 Å². The molecule has 0 saturated heterocycles. The number of hydrogen-bond acceptors (Lipinski definition) is 5. The van der Waals surface area contributed by atoms with Crippen LogP contribution >= 0.6 is 0 Å². The van der Waals surface area contributed by atoms with Gasteiger partial charge in [-0.05, 0) is 35.6 Å². The highest BCUT2D eigenvalue weighted by Gasteiger charge is 2.29. The van der Waals surface area contributed by atoms with E-state index in [1.165, 1.54) is 23.1 Å². The summed E-state index contributed by atoms with van der Waals surface area (Å²) in [6, 6.07) is 4.95. The van der Waals surface area contributed by atoms with E-state index in [9.17, 15) is 23.3 Å². The third-order valence-corrected chi connectivity index (χ3v) is 3.04. The second-order valence-electron chi connectivity index (χ2n) is 4.79. The Kier molecular flexibility index (Phi) is 5.27. The van der Waals surface area contributed by atoms with E-state index in [2.05, 4.69) is 15.4 Å². The van der Waals surface area contributed by atoms with Crippen molar-refractivity contribution in [2.24, 2.45) is 0 Å². The Bertz CT molecular complexity index is 654. The molecule has 1 aromatic heterocycles. The van der Waals surface area contributed by atoms with E-state index in [0.717, 1.165) is 17.7 Å². The van der Waals surface area contributed by atoms with E-state index in [1.807, 2.05) is 0 Å². The molecule has 2 rings (SSSR count). The number of alkyl halides is 3. The molecule has 0 bridgehead atoms. The SMILES string of the molecule is O=[N+]([O-])c1ncn(CCCNCc2ccc(C(F)(F)F)cc2)n1. The standard InChI is InChI=1S/C13H14F3N5O2/c14-13(15,16)11-4-2-10(3-5-11)8-17-6-1-7-20-9-18-12(19-20)21(22)23/h2-5,9,17H,1,6-8H2. The number of rotatable bonds is 7. The van der Waals surface area contributed by atoms with Gasteiger partial charge in [-0.2, -0.15) is 17.9 Å². The van der Waals surface area contributed by atoms with E-state index in [-0.39, 0.29) is 0 Å². The number of aryl methyl sites for hydroxylation is 1. The second-order valence-corrected chi connectivity index (χ2v) is 4.79. The molecule has 1 aromatic carbocycles. The number of hydrogen-bond donors (Lipinski definition) is 1. The minimum atomic E-state index is -4.33. The van der Waals surface area contributed by atoms with Crippen LogP contribution in [0.1, 0.15) is 17.5 Å². The lowest BCUT2D eigenvalue weighted by atomic mass is 10.1. The zero-order valence-corrected chi connectivity index (χ0v) is 12.0. The lowest BCUT2D eigenvalue weighted by molar-refractivity contribution is -0.394. The second kappa shape index (κ2) is 7.18. The molecular weight excluding hydrogens is 315 g/mol. The van der Waals surface area contributed by atoms with Gasteiger partial charge in [0.2, 0.25) is 6.33 Å². The molecule has 7 nitrogen and oxygen atoms in total. The first-order chi connectivity index (χ1) is 10.9. The van der Waals surface area contributed by atoms with Crippen molar-refractivity contribution in [2.45, 2.75) is 25.7 Å². The van der Waals surface area contributed by atoms with Gasteiger partial charge in [-0.3, -0.25) is 0 Å². The molecule has 1 N–H and O–H groups in total. The number of benzene rings is 1. The third kappa shape index (κ3) is 5.02. The Labute approximate surface area is 129 Å². The molecular formula is C13H14F3N5O2. The van der Waals surface area contributed by atoms with Crippen molar-refractivity contribution >= 4 is 5.95 Å². The van der Waals surface area contributed by atoms with E-state index in [4.69, 9.17) is 0 Å². The van der Waals surface area contributed by atoms with Gasteiger partial charge < -0.3 is 15.4 Å². The van der Waals surface area contributed by atoms with Gasteiger partial charge in [0.1, 0.15) is 0 Å². The van der Waals surface area contributed by atoms with Crippen LogP contribution < -0.4 is 5.32 Å². The van der Waals surface area contributed by atoms with Crippen LogP contribution in [0.25, 0.3) is 0 Å². The average Bonchev–Trinajstić information content (AvgIpc) is 2.95. The van der Waals surface area contributed by atoms with E-state index < -0.39 is 22.6 Å². The fourth-order valence-corrected chi connectivity index (χ4v) is 1.89. The minimum Gasteiger partial charge on any atom is -0.390 e. The van der Waals surface area contributed by atoms with Gasteiger partial charge in [-0.15, -0.1) is 0 Å². The van der Waals surface area contributed by atoms with Gasteiger partial charge in [0.15, 0.2) is 0 Å². The maximum atomic E-state index is 12.4. The number of nitro groups is 1. The van der Waals surface area contributed by atoms with Crippen molar-refractivity contribution in [2.75, 3.05) is 6.54 Å². The molecule has 0 atom stereocenters. The molecule has 0 aliphatic heterocycles. The zero-order valence-electron chi connectivity index (χ0n) is 12.0. The third-order valence-electron chi connectivity index (χ3n) is 3.04. The van der Waals surface area contributed by atoms with Crippen LogP contribution in [-0.4, -0.2) is 26.2 Å². The van der Waals surface area contributed by atoms with Gasteiger partial charge in [-0.1, -0.05) is 17.1 Å². The van der Waals surface area contributed by atoms with Gasteiger partial charge in [0.25, 0.3) is 0 Å². The molecule has 0 radical (unpaired) electrons. The summed E-state index contributed by atoms with van der Waals surface area (Å²) >= 11 is 0. The van der Waals surface area contributed by atoms with E-state index in [0.29, 0.717) is 26.1 Å². The number of nitrogens with one attached hydrogen (secondary N) is 1. The number of nitrogens with zero attached hydrogens (tertiary/aromatic N) is 4. The lowest BCUT2D eigenvalue weighted by Crippen LogP contribution is -2.17.